The smallest absolute Gasteiger partial charge is 0.317 e. The van der Waals surface area contributed by atoms with Gasteiger partial charge in [0.2, 0.25) is 0 Å². The van der Waals surface area contributed by atoms with E-state index >= 15 is 0 Å². The standard InChI is InChI=1S/C19H26O3/c1-11-6-7-16(19(10-11,15(5)20)18(21)22)17-13(3)8-12(2)9-14(17)4/h8-9,11,16H,6-7,10H2,1-5H3,(H,21,22). The Morgan fingerprint density at radius 3 is 2.14 bits per heavy atom. The fraction of sp³-hybridized carbons (Fsp3) is 0.579. The van der Waals surface area contributed by atoms with E-state index < -0.39 is 11.4 Å². The number of ketones is 1. The largest absolute Gasteiger partial charge is 0.480 e. The lowest BCUT2D eigenvalue weighted by Crippen LogP contribution is -2.47. The van der Waals surface area contributed by atoms with Gasteiger partial charge in [0.15, 0.2) is 0 Å². The zero-order chi connectivity index (χ0) is 16.7. The Bertz CT molecular complexity index is 578. The van der Waals surface area contributed by atoms with Crippen LogP contribution in [0.3, 0.4) is 0 Å². The van der Waals surface area contributed by atoms with Crippen LogP contribution < -0.4 is 0 Å². The third-order valence-corrected chi connectivity index (χ3v) is 5.31. The van der Waals surface area contributed by atoms with E-state index in [0.717, 1.165) is 29.5 Å². The van der Waals surface area contributed by atoms with Crippen molar-refractivity contribution >= 4 is 11.8 Å². The Morgan fingerprint density at radius 1 is 1.14 bits per heavy atom. The first-order valence-electron chi connectivity index (χ1n) is 8.02. The fourth-order valence-electron chi connectivity index (χ4n) is 4.40. The number of rotatable bonds is 3. The summed E-state index contributed by atoms with van der Waals surface area (Å²) in [4.78, 5) is 24.5. The van der Waals surface area contributed by atoms with Crippen LogP contribution in [0.25, 0.3) is 0 Å². The molecule has 1 aromatic carbocycles. The maximum absolute atomic E-state index is 12.4. The van der Waals surface area contributed by atoms with Gasteiger partial charge in [-0.15, -0.1) is 0 Å². The van der Waals surface area contributed by atoms with Gasteiger partial charge in [0.1, 0.15) is 11.2 Å². The molecule has 1 aromatic rings. The van der Waals surface area contributed by atoms with E-state index in [1.165, 1.54) is 12.5 Å². The van der Waals surface area contributed by atoms with Crippen LogP contribution in [-0.2, 0) is 9.59 Å². The first-order chi connectivity index (χ1) is 10.2. The Hall–Kier alpha value is -1.64. The molecule has 0 amide bonds. The minimum Gasteiger partial charge on any atom is -0.480 e. The monoisotopic (exact) mass is 302 g/mol. The molecule has 0 radical (unpaired) electrons. The molecule has 0 aliphatic heterocycles. The molecule has 0 spiro atoms. The van der Waals surface area contributed by atoms with E-state index in [2.05, 4.69) is 12.1 Å². The van der Waals surface area contributed by atoms with Crippen LogP contribution in [0.15, 0.2) is 12.1 Å². The summed E-state index contributed by atoms with van der Waals surface area (Å²) in [6, 6.07) is 4.18. The summed E-state index contributed by atoms with van der Waals surface area (Å²) in [6.07, 6.45) is 2.17. The third kappa shape index (κ3) is 2.57. The molecule has 1 aliphatic carbocycles. The van der Waals surface area contributed by atoms with Gasteiger partial charge in [-0.1, -0.05) is 31.0 Å². The molecule has 2 rings (SSSR count). The van der Waals surface area contributed by atoms with Crippen LogP contribution in [0.2, 0.25) is 0 Å². The fourth-order valence-corrected chi connectivity index (χ4v) is 4.40. The predicted octanol–water partition coefficient (Wildman–Crippen LogP) is 4.18. The molecular weight excluding hydrogens is 276 g/mol. The van der Waals surface area contributed by atoms with Crippen LogP contribution in [0, 0.1) is 32.1 Å². The minimum absolute atomic E-state index is 0.212. The molecule has 1 saturated carbocycles. The second kappa shape index (κ2) is 5.86. The van der Waals surface area contributed by atoms with Gasteiger partial charge >= 0.3 is 5.97 Å². The molecule has 120 valence electrons. The van der Waals surface area contributed by atoms with E-state index in [1.807, 2.05) is 27.7 Å². The molecule has 0 bridgehead atoms. The number of carbonyl (C=O) groups is 2. The number of benzene rings is 1. The van der Waals surface area contributed by atoms with Crippen molar-refractivity contribution in [2.75, 3.05) is 0 Å². The number of carboxylic acid groups (broad SMARTS) is 1. The topological polar surface area (TPSA) is 54.4 Å². The minimum atomic E-state index is -1.28. The average Bonchev–Trinajstić information content (AvgIpc) is 2.38. The number of hydrogen-bond acceptors (Lipinski definition) is 2. The van der Waals surface area contributed by atoms with Crippen molar-refractivity contribution in [2.24, 2.45) is 11.3 Å². The normalized spacial score (nSPS) is 28.4. The molecule has 0 saturated heterocycles. The molecule has 3 heteroatoms. The molecule has 0 aromatic heterocycles. The van der Waals surface area contributed by atoms with Crippen molar-refractivity contribution in [1.82, 2.24) is 0 Å². The highest BCUT2D eigenvalue weighted by molar-refractivity contribution is 6.03. The lowest BCUT2D eigenvalue weighted by atomic mass is 9.58. The number of carbonyl (C=O) groups excluding carboxylic acids is 1. The first-order valence-corrected chi connectivity index (χ1v) is 8.02. The average molecular weight is 302 g/mol. The molecule has 3 atom stereocenters. The third-order valence-electron chi connectivity index (χ3n) is 5.31. The van der Waals surface area contributed by atoms with Gasteiger partial charge in [-0.3, -0.25) is 9.59 Å². The molecule has 3 unspecified atom stereocenters. The van der Waals surface area contributed by atoms with Crippen molar-refractivity contribution < 1.29 is 14.7 Å². The van der Waals surface area contributed by atoms with Crippen molar-refractivity contribution in [3.8, 4) is 0 Å². The Labute approximate surface area is 132 Å². The van der Waals surface area contributed by atoms with Crippen LogP contribution in [0.5, 0.6) is 0 Å². The van der Waals surface area contributed by atoms with E-state index in [9.17, 15) is 14.7 Å². The highest BCUT2D eigenvalue weighted by Crippen LogP contribution is 2.51. The van der Waals surface area contributed by atoms with Crippen molar-refractivity contribution in [1.29, 1.82) is 0 Å². The van der Waals surface area contributed by atoms with E-state index in [1.54, 1.807) is 0 Å². The van der Waals surface area contributed by atoms with Crippen LogP contribution >= 0.6 is 0 Å². The molecule has 1 N–H and O–H groups in total. The molecule has 1 aliphatic rings. The van der Waals surface area contributed by atoms with Crippen LogP contribution in [0.4, 0.5) is 0 Å². The zero-order valence-corrected chi connectivity index (χ0v) is 14.2. The number of aliphatic carboxylic acids is 1. The molecular formula is C19H26O3. The maximum atomic E-state index is 12.4. The van der Waals surface area contributed by atoms with Gasteiger partial charge in [0.25, 0.3) is 0 Å². The summed E-state index contributed by atoms with van der Waals surface area (Å²) < 4.78 is 0. The van der Waals surface area contributed by atoms with Gasteiger partial charge in [-0.2, -0.15) is 0 Å². The van der Waals surface area contributed by atoms with E-state index in [0.29, 0.717) is 6.42 Å². The van der Waals surface area contributed by atoms with Crippen molar-refractivity contribution in [2.45, 2.75) is 59.8 Å². The van der Waals surface area contributed by atoms with Gasteiger partial charge in [0, 0.05) is 5.92 Å². The Kier molecular flexibility index (Phi) is 4.46. The zero-order valence-electron chi connectivity index (χ0n) is 14.2. The summed E-state index contributed by atoms with van der Waals surface area (Å²) in [6.45, 7) is 9.59. The first kappa shape index (κ1) is 16.7. The Balaban J connectivity index is 2.66. The number of aryl methyl sites for hydroxylation is 3. The second-order valence-corrected chi connectivity index (χ2v) is 7.08. The van der Waals surface area contributed by atoms with E-state index in [-0.39, 0.29) is 17.6 Å². The SMILES string of the molecule is CC(=O)C1(C(=O)O)CC(C)CCC1c1c(C)cc(C)cc1C. The summed E-state index contributed by atoms with van der Waals surface area (Å²) in [7, 11) is 0. The Morgan fingerprint density at radius 2 is 1.68 bits per heavy atom. The number of carboxylic acids is 1. The molecule has 1 fully saturated rings. The highest BCUT2D eigenvalue weighted by Gasteiger charge is 2.53. The molecule has 3 nitrogen and oxygen atoms in total. The summed E-state index contributed by atoms with van der Waals surface area (Å²) in [5, 5.41) is 9.92. The van der Waals surface area contributed by atoms with Gasteiger partial charge in [0.05, 0.1) is 0 Å². The van der Waals surface area contributed by atoms with Gasteiger partial charge in [-0.25, -0.2) is 0 Å². The van der Waals surface area contributed by atoms with Crippen molar-refractivity contribution in [3.63, 3.8) is 0 Å². The molecule has 22 heavy (non-hydrogen) atoms. The van der Waals surface area contributed by atoms with Crippen molar-refractivity contribution in [3.05, 3.63) is 34.4 Å². The van der Waals surface area contributed by atoms with Gasteiger partial charge < -0.3 is 5.11 Å². The molecule has 0 heterocycles. The van der Waals surface area contributed by atoms with Crippen LogP contribution in [0.1, 0.15) is 61.3 Å². The predicted molar refractivity (Wildman–Crippen MR) is 87.2 cm³/mol. The van der Waals surface area contributed by atoms with Gasteiger partial charge in [-0.05, 0) is 63.1 Å². The summed E-state index contributed by atoms with van der Waals surface area (Å²) in [5.74, 6) is -1.13. The summed E-state index contributed by atoms with van der Waals surface area (Å²) >= 11 is 0. The van der Waals surface area contributed by atoms with Crippen LogP contribution in [-0.4, -0.2) is 16.9 Å². The lowest BCUT2D eigenvalue weighted by molar-refractivity contribution is -0.159. The maximum Gasteiger partial charge on any atom is 0.317 e. The summed E-state index contributed by atoms with van der Waals surface area (Å²) in [5.41, 5.74) is 3.16. The number of Topliss-reactive ketones (excluding diaryl/α,β-unsaturated/α-hetero) is 1. The van der Waals surface area contributed by atoms with E-state index in [4.69, 9.17) is 0 Å². The quantitative estimate of drug-likeness (QED) is 0.852. The number of hydrogen-bond donors (Lipinski definition) is 1. The lowest BCUT2D eigenvalue weighted by Gasteiger charge is -2.43. The second-order valence-electron chi connectivity index (χ2n) is 7.08. The highest BCUT2D eigenvalue weighted by atomic mass is 16.4.